The number of benzene rings is 1. The Bertz CT molecular complexity index is 773. The fraction of sp³-hybridized carbons (Fsp3) is 0.312. The van der Waals surface area contributed by atoms with Gasteiger partial charge in [0, 0.05) is 24.5 Å². The van der Waals surface area contributed by atoms with E-state index in [1.807, 2.05) is 24.3 Å². The number of rotatable bonds is 3. The summed E-state index contributed by atoms with van der Waals surface area (Å²) in [5.74, 6) is 1.16. The van der Waals surface area contributed by atoms with E-state index in [0.717, 1.165) is 42.7 Å². The minimum Gasteiger partial charge on any atom is -0.451 e. The number of fused-ring (bicyclic) bond motifs is 1. The monoisotopic (exact) mass is 328 g/mol. The van der Waals surface area contributed by atoms with E-state index in [1.165, 1.54) is 11.7 Å². The number of piperidine rings is 1. The van der Waals surface area contributed by atoms with Gasteiger partial charge < -0.3 is 14.6 Å². The van der Waals surface area contributed by atoms with Crippen LogP contribution < -0.4 is 10.2 Å². The summed E-state index contributed by atoms with van der Waals surface area (Å²) in [6.45, 7) is 1.74. The first-order chi connectivity index (χ1) is 11.3. The third kappa shape index (κ3) is 2.92. The zero-order chi connectivity index (χ0) is 15.6. The average Bonchev–Trinajstić information content (AvgIpc) is 3.25. The van der Waals surface area contributed by atoms with Crippen molar-refractivity contribution in [2.24, 2.45) is 0 Å². The van der Waals surface area contributed by atoms with Gasteiger partial charge in [-0.3, -0.25) is 4.79 Å². The molecule has 1 N–H and O–H groups in total. The molecule has 0 unspecified atom stereocenters. The molecule has 3 aromatic rings. The number of carbonyl (C=O) groups excluding carboxylic acids is 1. The summed E-state index contributed by atoms with van der Waals surface area (Å²) < 4.78 is 13.9. The molecule has 6 nitrogen and oxygen atoms in total. The lowest BCUT2D eigenvalue weighted by molar-refractivity contribution is 0.0905. The summed E-state index contributed by atoms with van der Waals surface area (Å²) in [7, 11) is 0. The molecule has 1 saturated heterocycles. The molecule has 0 spiro atoms. The van der Waals surface area contributed by atoms with Crippen LogP contribution in [0.4, 0.5) is 5.82 Å². The van der Waals surface area contributed by atoms with Crippen LogP contribution in [0, 0.1) is 0 Å². The Labute approximate surface area is 137 Å². The first kappa shape index (κ1) is 14.2. The Morgan fingerprint density at radius 2 is 2.13 bits per heavy atom. The molecule has 7 heteroatoms. The second kappa shape index (κ2) is 6.00. The van der Waals surface area contributed by atoms with Crippen LogP contribution in [0.1, 0.15) is 23.4 Å². The molecule has 2 aromatic heterocycles. The number of carbonyl (C=O) groups is 1. The van der Waals surface area contributed by atoms with E-state index < -0.39 is 0 Å². The normalized spacial score (nSPS) is 15.9. The lowest BCUT2D eigenvalue weighted by Gasteiger charge is -2.31. The van der Waals surface area contributed by atoms with Gasteiger partial charge in [-0.05, 0) is 25.0 Å². The van der Waals surface area contributed by atoms with Crippen molar-refractivity contribution in [3.8, 4) is 0 Å². The highest BCUT2D eigenvalue weighted by Gasteiger charge is 2.23. The van der Waals surface area contributed by atoms with Crippen molar-refractivity contribution < 1.29 is 9.21 Å². The fourth-order valence-electron chi connectivity index (χ4n) is 2.90. The fourth-order valence-corrected chi connectivity index (χ4v) is 3.34. The van der Waals surface area contributed by atoms with E-state index in [2.05, 4.69) is 19.0 Å². The van der Waals surface area contributed by atoms with Gasteiger partial charge >= 0.3 is 0 Å². The lowest BCUT2D eigenvalue weighted by atomic mass is 10.0. The molecule has 1 aromatic carbocycles. The predicted octanol–water partition coefficient (Wildman–Crippen LogP) is 2.68. The molecule has 1 aliphatic rings. The van der Waals surface area contributed by atoms with E-state index >= 15 is 0 Å². The number of nitrogens with one attached hydrogen (secondary N) is 1. The summed E-state index contributed by atoms with van der Waals surface area (Å²) in [4.78, 5) is 14.6. The Morgan fingerprint density at radius 3 is 2.87 bits per heavy atom. The van der Waals surface area contributed by atoms with Gasteiger partial charge in [-0.1, -0.05) is 18.2 Å². The molecule has 0 aliphatic carbocycles. The van der Waals surface area contributed by atoms with Crippen LogP contribution in [0.2, 0.25) is 0 Å². The second-order valence-electron chi connectivity index (χ2n) is 5.65. The Morgan fingerprint density at radius 1 is 1.30 bits per heavy atom. The maximum absolute atomic E-state index is 12.4. The minimum atomic E-state index is -0.144. The standard InChI is InChI=1S/C16H16N4O2S/c21-16(14-9-11-3-1-2-4-13(11)22-14)18-12-5-7-20(8-6-12)15-10-17-23-19-15/h1-4,9-10,12H,5-8H2,(H,18,21). The maximum atomic E-state index is 12.4. The number of anilines is 1. The summed E-state index contributed by atoms with van der Waals surface area (Å²) in [6, 6.07) is 9.60. The molecule has 118 valence electrons. The van der Waals surface area contributed by atoms with Crippen LogP contribution in [-0.2, 0) is 0 Å². The smallest absolute Gasteiger partial charge is 0.287 e. The van der Waals surface area contributed by atoms with E-state index in [0.29, 0.717) is 5.76 Å². The van der Waals surface area contributed by atoms with Crippen LogP contribution in [0.3, 0.4) is 0 Å². The first-order valence-electron chi connectivity index (χ1n) is 7.61. The van der Waals surface area contributed by atoms with Gasteiger partial charge in [-0.25, -0.2) is 0 Å². The van der Waals surface area contributed by atoms with Crippen molar-refractivity contribution in [1.82, 2.24) is 14.1 Å². The molecule has 23 heavy (non-hydrogen) atoms. The average molecular weight is 328 g/mol. The van der Waals surface area contributed by atoms with Gasteiger partial charge in [0.1, 0.15) is 5.58 Å². The third-order valence-electron chi connectivity index (χ3n) is 4.15. The number of aromatic nitrogens is 2. The molecule has 1 aliphatic heterocycles. The highest BCUT2D eigenvalue weighted by Crippen LogP contribution is 2.21. The molecule has 1 amide bonds. The number of amides is 1. The summed E-state index contributed by atoms with van der Waals surface area (Å²) in [5.41, 5.74) is 0.739. The Kier molecular flexibility index (Phi) is 3.70. The highest BCUT2D eigenvalue weighted by atomic mass is 32.1. The second-order valence-corrected chi connectivity index (χ2v) is 6.21. The SMILES string of the molecule is O=C(NC1CCN(c2cnsn2)CC1)c1cc2ccccc2o1. The van der Waals surface area contributed by atoms with Gasteiger partial charge in [-0.15, -0.1) is 0 Å². The van der Waals surface area contributed by atoms with Crippen molar-refractivity contribution in [2.45, 2.75) is 18.9 Å². The quantitative estimate of drug-likeness (QED) is 0.800. The van der Waals surface area contributed by atoms with Gasteiger partial charge in [-0.2, -0.15) is 8.75 Å². The summed E-state index contributed by atoms with van der Waals surface area (Å²) in [6.07, 6.45) is 3.57. The summed E-state index contributed by atoms with van der Waals surface area (Å²) in [5, 5.41) is 4.02. The van der Waals surface area contributed by atoms with Crippen LogP contribution in [0.5, 0.6) is 0 Å². The molecule has 1 fully saturated rings. The van der Waals surface area contributed by atoms with Gasteiger partial charge in [0.15, 0.2) is 11.6 Å². The molecule has 0 bridgehead atoms. The van der Waals surface area contributed by atoms with Crippen molar-refractivity contribution in [3.63, 3.8) is 0 Å². The topological polar surface area (TPSA) is 71.3 Å². The molecular formula is C16H16N4O2S. The first-order valence-corrected chi connectivity index (χ1v) is 8.34. The number of furan rings is 1. The van der Waals surface area contributed by atoms with Crippen molar-refractivity contribution in [3.05, 3.63) is 42.3 Å². The van der Waals surface area contributed by atoms with Gasteiger partial charge in [0.25, 0.3) is 5.91 Å². The van der Waals surface area contributed by atoms with E-state index in [9.17, 15) is 4.79 Å². The number of hydrogen-bond donors (Lipinski definition) is 1. The van der Waals surface area contributed by atoms with Crippen LogP contribution in [-0.4, -0.2) is 33.8 Å². The van der Waals surface area contributed by atoms with Crippen LogP contribution >= 0.6 is 11.7 Å². The highest BCUT2D eigenvalue weighted by molar-refractivity contribution is 6.99. The van der Waals surface area contributed by atoms with Crippen LogP contribution in [0.15, 0.2) is 40.9 Å². The molecule has 4 rings (SSSR count). The van der Waals surface area contributed by atoms with E-state index in [4.69, 9.17) is 4.42 Å². The molecule has 0 atom stereocenters. The lowest BCUT2D eigenvalue weighted by Crippen LogP contribution is -2.44. The number of nitrogens with zero attached hydrogens (tertiary/aromatic N) is 3. The van der Waals surface area contributed by atoms with Crippen molar-refractivity contribution in [2.75, 3.05) is 18.0 Å². The maximum Gasteiger partial charge on any atom is 0.287 e. The zero-order valence-electron chi connectivity index (χ0n) is 12.4. The van der Waals surface area contributed by atoms with Crippen molar-refractivity contribution in [1.29, 1.82) is 0 Å². The number of hydrogen-bond acceptors (Lipinski definition) is 6. The molecule has 0 radical (unpaired) electrons. The predicted molar refractivity (Wildman–Crippen MR) is 88.8 cm³/mol. The third-order valence-corrected chi connectivity index (χ3v) is 4.62. The van der Waals surface area contributed by atoms with Crippen LogP contribution in [0.25, 0.3) is 11.0 Å². The number of para-hydroxylation sites is 1. The van der Waals surface area contributed by atoms with Crippen molar-refractivity contribution >= 4 is 34.4 Å². The Balaban J connectivity index is 1.38. The largest absolute Gasteiger partial charge is 0.451 e. The van der Waals surface area contributed by atoms with Gasteiger partial charge in [0.2, 0.25) is 0 Å². The Hall–Kier alpha value is -2.41. The van der Waals surface area contributed by atoms with E-state index in [-0.39, 0.29) is 11.9 Å². The zero-order valence-corrected chi connectivity index (χ0v) is 13.3. The molecular weight excluding hydrogens is 312 g/mol. The van der Waals surface area contributed by atoms with Gasteiger partial charge in [0.05, 0.1) is 17.9 Å². The molecule has 0 saturated carbocycles. The minimum absolute atomic E-state index is 0.144. The molecule has 3 heterocycles. The van der Waals surface area contributed by atoms with E-state index in [1.54, 1.807) is 12.3 Å². The summed E-state index contributed by atoms with van der Waals surface area (Å²) >= 11 is 1.22.